The average molecular weight is 340 g/mol. The molecule has 0 aromatic heterocycles. The Morgan fingerprint density at radius 1 is 1.10 bits per heavy atom. The van der Waals surface area contributed by atoms with Crippen molar-refractivity contribution >= 4 is 15.9 Å². The largest absolute Gasteiger partial charge is 0.486 e. The molecular weight excluding hydrogens is 318 g/mol. The maximum absolute atomic E-state index is 6.61. The lowest BCUT2D eigenvalue weighted by Gasteiger charge is -2.39. The van der Waals surface area contributed by atoms with Gasteiger partial charge in [-0.3, -0.25) is 0 Å². The monoisotopic (exact) mass is 339 g/mol. The topological polar surface area (TPSA) is 44.5 Å². The minimum Gasteiger partial charge on any atom is -0.486 e. The molecule has 2 aliphatic rings. The van der Waals surface area contributed by atoms with Gasteiger partial charge in [-0.05, 0) is 36.0 Å². The van der Waals surface area contributed by atoms with E-state index in [1.165, 1.54) is 32.1 Å². The van der Waals surface area contributed by atoms with Gasteiger partial charge >= 0.3 is 0 Å². The van der Waals surface area contributed by atoms with Crippen molar-refractivity contribution in [2.45, 2.75) is 45.1 Å². The molecule has 20 heavy (non-hydrogen) atoms. The minimum absolute atomic E-state index is 0.0352. The van der Waals surface area contributed by atoms with Crippen LogP contribution in [0.3, 0.4) is 0 Å². The van der Waals surface area contributed by atoms with E-state index >= 15 is 0 Å². The Morgan fingerprint density at radius 2 is 1.70 bits per heavy atom. The summed E-state index contributed by atoms with van der Waals surface area (Å²) in [6.07, 6.45) is 6.31. The molecule has 4 heteroatoms. The molecule has 3 rings (SSSR count). The molecule has 1 heterocycles. The molecule has 0 bridgehead atoms. The van der Waals surface area contributed by atoms with Crippen molar-refractivity contribution in [1.82, 2.24) is 0 Å². The van der Waals surface area contributed by atoms with E-state index in [1.807, 2.05) is 6.07 Å². The van der Waals surface area contributed by atoms with Gasteiger partial charge in [-0.2, -0.15) is 0 Å². The molecule has 1 aliphatic heterocycles. The smallest absolute Gasteiger partial charge is 0.162 e. The molecule has 0 saturated heterocycles. The molecule has 1 aliphatic carbocycles. The Balaban J connectivity index is 1.92. The summed E-state index contributed by atoms with van der Waals surface area (Å²) in [7, 11) is 0. The molecular formula is C16H22BrNO2. The van der Waals surface area contributed by atoms with E-state index in [-0.39, 0.29) is 11.5 Å². The second kappa shape index (κ2) is 5.57. The summed E-state index contributed by atoms with van der Waals surface area (Å²) in [6, 6.07) is 4.09. The lowest BCUT2D eigenvalue weighted by atomic mass is 9.69. The first-order valence-electron chi connectivity index (χ1n) is 7.45. The van der Waals surface area contributed by atoms with Crippen LogP contribution >= 0.6 is 15.9 Å². The van der Waals surface area contributed by atoms with Crippen LogP contribution in [0, 0.1) is 5.41 Å². The molecule has 1 fully saturated rings. The number of ether oxygens (including phenoxy) is 2. The van der Waals surface area contributed by atoms with E-state index in [0.29, 0.717) is 13.2 Å². The first kappa shape index (κ1) is 14.2. The number of rotatable bonds is 2. The highest BCUT2D eigenvalue weighted by atomic mass is 79.9. The van der Waals surface area contributed by atoms with Crippen LogP contribution in [-0.4, -0.2) is 13.2 Å². The van der Waals surface area contributed by atoms with Crippen molar-refractivity contribution in [3.63, 3.8) is 0 Å². The normalized spacial score (nSPS) is 22.4. The average Bonchev–Trinajstić information content (AvgIpc) is 2.46. The molecule has 1 aromatic rings. The molecule has 110 valence electrons. The van der Waals surface area contributed by atoms with Gasteiger partial charge in [0.15, 0.2) is 11.5 Å². The first-order valence-corrected chi connectivity index (χ1v) is 8.24. The molecule has 1 aromatic carbocycles. The summed E-state index contributed by atoms with van der Waals surface area (Å²) in [6.45, 7) is 3.54. The zero-order valence-electron chi connectivity index (χ0n) is 12.0. The van der Waals surface area contributed by atoms with Gasteiger partial charge in [-0.1, -0.05) is 42.1 Å². The fraction of sp³-hybridized carbons (Fsp3) is 0.625. The fourth-order valence-corrected chi connectivity index (χ4v) is 3.93. The predicted molar refractivity (Wildman–Crippen MR) is 83.3 cm³/mol. The quantitative estimate of drug-likeness (QED) is 0.878. The van der Waals surface area contributed by atoms with Gasteiger partial charge in [0, 0.05) is 10.5 Å². The Morgan fingerprint density at radius 3 is 2.35 bits per heavy atom. The van der Waals surface area contributed by atoms with Gasteiger partial charge in [0.1, 0.15) is 13.2 Å². The highest BCUT2D eigenvalue weighted by molar-refractivity contribution is 9.10. The number of hydrogen-bond acceptors (Lipinski definition) is 3. The van der Waals surface area contributed by atoms with Gasteiger partial charge in [-0.15, -0.1) is 0 Å². The van der Waals surface area contributed by atoms with E-state index in [2.05, 4.69) is 28.9 Å². The SMILES string of the molecule is CC1(C(N)c2cc3c(cc2Br)OCCO3)CCCCC1. The lowest BCUT2D eigenvalue weighted by Crippen LogP contribution is -2.34. The van der Waals surface area contributed by atoms with Crippen molar-refractivity contribution in [2.75, 3.05) is 13.2 Å². The maximum atomic E-state index is 6.61. The van der Waals surface area contributed by atoms with Gasteiger partial charge in [0.05, 0.1) is 0 Å². The van der Waals surface area contributed by atoms with Crippen LogP contribution in [0.1, 0.15) is 50.6 Å². The van der Waals surface area contributed by atoms with Crippen molar-refractivity contribution in [1.29, 1.82) is 0 Å². The van der Waals surface area contributed by atoms with E-state index < -0.39 is 0 Å². The van der Waals surface area contributed by atoms with Crippen LogP contribution < -0.4 is 15.2 Å². The molecule has 3 nitrogen and oxygen atoms in total. The summed E-state index contributed by atoms with van der Waals surface area (Å²) in [5.74, 6) is 1.64. The fourth-order valence-electron chi connectivity index (χ4n) is 3.36. The van der Waals surface area contributed by atoms with Gasteiger partial charge in [0.2, 0.25) is 0 Å². The standard InChI is InChI=1S/C16H22BrNO2/c1-16(5-3-2-4-6-16)15(18)11-9-13-14(10-12(11)17)20-8-7-19-13/h9-10,15H,2-8,18H2,1H3. The minimum atomic E-state index is 0.0352. The molecule has 0 radical (unpaired) electrons. The summed E-state index contributed by atoms with van der Waals surface area (Å²) in [5, 5.41) is 0. The zero-order chi connectivity index (χ0) is 14.2. The number of fused-ring (bicyclic) bond motifs is 1. The summed E-state index contributed by atoms with van der Waals surface area (Å²) in [4.78, 5) is 0. The third-order valence-corrected chi connectivity index (χ3v) is 5.43. The van der Waals surface area contributed by atoms with Crippen LogP contribution in [0.15, 0.2) is 16.6 Å². The molecule has 1 saturated carbocycles. The highest BCUT2D eigenvalue weighted by Crippen LogP contribution is 2.47. The first-order chi connectivity index (χ1) is 9.60. The molecule has 2 N–H and O–H groups in total. The van der Waals surface area contributed by atoms with Crippen molar-refractivity contribution in [3.05, 3.63) is 22.2 Å². The van der Waals surface area contributed by atoms with E-state index in [0.717, 1.165) is 21.5 Å². The van der Waals surface area contributed by atoms with Crippen molar-refractivity contribution in [3.8, 4) is 11.5 Å². The van der Waals surface area contributed by atoms with Crippen molar-refractivity contribution < 1.29 is 9.47 Å². The van der Waals surface area contributed by atoms with Crippen LogP contribution in [-0.2, 0) is 0 Å². The molecule has 1 unspecified atom stereocenters. The Kier molecular flexibility index (Phi) is 3.95. The third kappa shape index (κ3) is 2.56. The van der Waals surface area contributed by atoms with Gasteiger partial charge in [0.25, 0.3) is 0 Å². The molecule has 1 atom stereocenters. The molecule has 0 spiro atoms. The summed E-state index contributed by atoms with van der Waals surface area (Å²) < 4.78 is 12.3. The summed E-state index contributed by atoms with van der Waals surface area (Å²) >= 11 is 3.65. The van der Waals surface area contributed by atoms with Crippen LogP contribution in [0.5, 0.6) is 11.5 Å². The number of benzene rings is 1. The van der Waals surface area contributed by atoms with Gasteiger partial charge in [-0.25, -0.2) is 0 Å². The van der Waals surface area contributed by atoms with E-state index in [4.69, 9.17) is 15.2 Å². The number of halogens is 1. The maximum Gasteiger partial charge on any atom is 0.162 e. The Bertz CT molecular complexity index is 497. The Hall–Kier alpha value is -0.740. The second-order valence-electron chi connectivity index (χ2n) is 6.21. The summed E-state index contributed by atoms with van der Waals surface area (Å²) in [5.41, 5.74) is 7.93. The Labute approximate surface area is 129 Å². The zero-order valence-corrected chi connectivity index (χ0v) is 13.5. The van der Waals surface area contributed by atoms with Crippen molar-refractivity contribution in [2.24, 2.45) is 11.1 Å². The van der Waals surface area contributed by atoms with Crippen LogP contribution in [0.25, 0.3) is 0 Å². The van der Waals surface area contributed by atoms with Crippen LogP contribution in [0.4, 0.5) is 0 Å². The van der Waals surface area contributed by atoms with E-state index in [9.17, 15) is 0 Å². The third-order valence-electron chi connectivity index (χ3n) is 4.74. The number of nitrogens with two attached hydrogens (primary N) is 1. The van der Waals surface area contributed by atoms with Crippen LogP contribution in [0.2, 0.25) is 0 Å². The van der Waals surface area contributed by atoms with E-state index in [1.54, 1.807) is 0 Å². The molecule has 0 amide bonds. The highest BCUT2D eigenvalue weighted by Gasteiger charge is 2.35. The number of hydrogen-bond donors (Lipinski definition) is 1. The second-order valence-corrected chi connectivity index (χ2v) is 7.06. The van der Waals surface area contributed by atoms with Gasteiger partial charge < -0.3 is 15.2 Å². The predicted octanol–water partition coefficient (Wildman–Crippen LogP) is 4.19. The lowest BCUT2D eigenvalue weighted by molar-refractivity contribution is 0.163.